The van der Waals surface area contributed by atoms with Crippen molar-refractivity contribution in [3.63, 3.8) is 0 Å². The van der Waals surface area contributed by atoms with Crippen LogP contribution in [0.3, 0.4) is 0 Å². The lowest BCUT2D eigenvalue weighted by molar-refractivity contribution is 0.413. The third-order valence-electron chi connectivity index (χ3n) is 12.0. The Kier molecular flexibility index (Phi) is 9.71. The molecule has 2 atom stereocenters. The van der Waals surface area contributed by atoms with Crippen molar-refractivity contribution in [3.8, 4) is 0 Å². The number of anilines is 3. The molecular weight excluding hydrogens is 699 g/mol. The van der Waals surface area contributed by atoms with Crippen molar-refractivity contribution in [2.75, 3.05) is 4.90 Å². The van der Waals surface area contributed by atoms with Gasteiger partial charge in [-0.15, -0.1) is 0 Å². The summed E-state index contributed by atoms with van der Waals surface area (Å²) in [6.45, 7) is 0. The van der Waals surface area contributed by atoms with E-state index in [0.29, 0.717) is 11.8 Å². The highest BCUT2D eigenvalue weighted by Gasteiger charge is 2.22. The molecule has 9 aromatic rings. The van der Waals surface area contributed by atoms with Gasteiger partial charge < -0.3 is 4.90 Å². The molecule has 0 radical (unpaired) electrons. The number of rotatable bonds is 10. The Morgan fingerprint density at radius 3 is 1.47 bits per heavy atom. The first-order valence-electron chi connectivity index (χ1n) is 20.6. The van der Waals surface area contributed by atoms with Gasteiger partial charge in [-0.25, -0.2) is 0 Å². The van der Waals surface area contributed by atoms with Crippen LogP contribution in [-0.4, -0.2) is 0 Å². The van der Waals surface area contributed by atoms with Crippen molar-refractivity contribution >= 4 is 73.7 Å². The highest BCUT2D eigenvalue weighted by atomic mass is 15.1. The van der Waals surface area contributed by atoms with E-state index in [0.717, 1.165) is 36.3 Å². The summed E-state index contributed by atoms with van der Waals surface area (Å²) in [6, 6.07) is 73.3. The summed E-state index contributed by atoms with van der Waals surface area (Å²) in [4.78, 5) is 2.36. The van der Waals surface area contributed by atoms with Crippen LogP contribution in [0.2, 0.25) is 0 Å². The van der Waals surface area contributed by atoms with E-state index < -0.39 is 0 Å². The summed E-state index contributed by atoms with van der Waals surface area (Å²) in [5.74, 6) is 0.983. The van der Waals surface area contributed by atoms with E-state index in [4.69, 9.17) is 0 Å². The average Bonchev–Trinajstić information content (AvgIpc) is 3.29. The minimum Gasteiger partial charge on any atom is -0.310 e. The molecule has 0 amide bonds. The van der Waals surface area contributed by atoms with Crippen LogP contribution < -0.4 is 15.3 Å². The third-order valence-corrected chi connectivity index (χ3v) is 12.0. The molecule has 9 aromatic carbocycles. The molecule has 1 heteroatoms. The molecule has 1 aliphatic rings. The molecule has 58 heavy (non-hydrogen) atoms. The molecule has 1 aliphatic carbocycles. The fraction of sp³-hybridized carbons (Fsp3) is 0.0877. The van der Waals surface area contributed by atoms with Crippen LogP contribution in [0.4, 0.5) is 17.1 Å². The maximum atomic E-state index is 2.53. The first-order valence-corrected chi connectivity index (χ1v) is 20.6. The minimum absolute atomic E-state index is 0.488. The molecule has 0 aromatic heterocycles. The zero-order valence-corrected chi connectivity index (χ0v) is 32.6. The van der Waals surface area contributed by atoms with Gasteiger partial charge in [-0.1, -0.05) is 188 Å². The zero-order valence-electron chi connectivity index (χ0n) is 32.6. The summed E-state index contributed by atoms with van der Waals surface area (Å²) in [5.41, 5.74) is 8.59. The van der Waals surface area contributed by atoms with E-state index in [1.165, 1.54) is 65.0 Å². The Bertz CT molecular complexity index is 2970. The van der Waals surface area contributed by atoms with E-state index in [1.54, 1.807) is 0 Å². The van der Waals surface area contributed by atoms with Gasteiger partial charge in [0.25, 0.3) is 0 Å². The van der Waals surface area contributed by atoms with Gasteiger partial charge in [0.1, 0.15) is 0 Å². The smallest absolute Gasteiger partial charge is 0.0468 e. The molecular formula is C57H45N. The predicted octanol–water partition coefficient (Wildman–Crippen LogP) is 13.5. The fourth-order valence-electron chi connectivity index (χ4n) is 8.86. The molecule has 0 bridgehead atoms. The predicted molar refractivity (Wildman–Crippen MR) is 249 cm³/mol. The van der Waals surface area contributed by atoms with Gasteiger partial charge >= 0.3 is 0 Å². The number of benzene rings is 9. The molecule has 1 nitrogen and oxygen atoms in total. The highest BCUT2D eigenvalue weighted by molar-refractivity contribution is 5.92. The van der Waals surface area contributed by atoms with Gasteiger partial charge in [-0.3, -0.25) is 0 Å². The van der Waals surface area contributed by atoms with Gasteiger partial charge in [0.05, 0.1) is 0 Å². The van der Waals surface area contributed by atoms with E-state index in [2.05, 4.69) is 229 Å². The average molecular weight is 744 g/mol. The summed E-state index contributed by atoms with van der Waals surface area (Å²) >= 11 is 0. The summed E-state index contributed by atoms with van der Waals surface area (Å²) in [6.07, 6.45) is 12.6. The second-order valence-corrected chi connectivity index (χ2v) is 15.8. The molecule has 0 aliphatic heterocycles. The molecule has 10 rings (SSSR count). The molecule has 0 saturated heterocycles. The molecule has 0 fully saturated rings. The van der Waals surface area contributed by atoms with Crippen LogP contribution in [0.25, 0.3) is 56.6 Å². The van der Waals surface area contributed by atoms with Gasteiger partial charge in [0, 0.05) is 17.1 Å². The van der Waals surface area contributed by atoms with Gasteiger partial charge in [0.15, 0.2) is 0 Å². The van der Waals surface area contributed by atoms with Crippen molar-refractivity contribution < 1.29 is 0 Å². The first-order chi connectivity index (χ1) is 28.7. The number of hydrogen-bond acceptors (Lipinski definition) is 1. The Balaban J connectivity index is 0.888. The number of hydrogen-bond donors (Lipinski definition) is 0. The lowest BCUT2D eigenvalue weighted by atomic mass is 9.78. The minimum atomic E-state index is 0.488. The van der Waals surface area contributed by atoms with Crippen LogP contribution in [-0.2, 0) is 12.8 Å². The molecule has 0 spiro atoms. The maximum absolute atomic E-state index is 2.53. The van der Waals surface area contributed by atoms with Gasteiger partial charge in [-0.2, -0.15) is 0 Å². The molecule has 0 N–H and O–H groups in total. The van der Waals surface area contributed by atoms with Crippen LogP contribution in [0, 0.1) is 11.8 Å². The quantitative estimate of drug-likeness (QED) is 0.126. The summed E-state index contributed by atoms with van der Waals surface area (Å²) < 4.78 is 0. The lowest BCUT2D eigenvalue weighted by Gasteiger charge is -2.26. The normalized spacial score (nSPS) is 14.2. The second-order valence-electron chi connectivity index (χ2n) is 15.8. The fourth-order valence-corrected chi connectivity index (χ4v) is 8.86. The third kappa shape index (κ3) is 7.60. The first kappa shape index (κ1) is 35.5. The van der Waals surface area contributed by atoms with Crippen molar-refractivity contribution in [2.24, 2.45) is 11.8 Å². The van der Waals surface area contributed by atoms with E-state index >= 15 is 0 Å². The lowest BCUT2D eigenvalue weighted by Crippen LogP contribution is -2.31. The van der Waals surface area contributed by atoms with Crippen LogP contribution in [0.5, 0.6) is 0 Å². The Morgan fingerprint density at radius 2 is 0.862 bits per heavy atom. The molecule has 0 saturated carbocycles. The largest absolute Gasteiger partial charge is 0.310 e. The van der Waals surface area contributed by atoms with E-state index in [-0.39, 0.29) is 0 Å². The van der Waals surface area contributed by atoms with Gasteiger partial charge in [-0.05, 0) is 133 Å². The van der Waals surface area contributed by atoms with Crippen LogP contribution in [0.1, 0.15) is 28.7 Å². The Morgan fingerprint density at radius 1 is 0.414 bits per heavy atom. The van der Waals surface area contributed by atoms with Gasteiger partial charge in [0.2, 0.25) is 0 Å². The van der Waals surface area contributed by atoms with E-state index in [1.807, 2.05) is 0 Å². The zero-order chi connectivity index (χ0) is 38.7. The maximum Gasteiger partial charge on any atom is 0.0468 e. The van der Waals surface area contributed by atoms with Crippen molar-refractivity contribution in [2.45, 2.75) is 19.3 Å². The van der Waals surface area contributed by atoms with Crippen LogP contribution >= 0.6 is 0 Å². The molecule has 0 heterocycles. The molecule has 278 valence electrons. The summed E-state index contributed by atoms with van der Waals surface area (Å²) in [5, 5.41) is 10.3. The highest BCUT2D eigenvalue weighted by Crippen LogP contribution is 2.38. The van der Waals surface area contributed by atoms with E-state index in [9.17, 15) is 0 Å². The second kappa shape index (κ2) is 15.9. The molecule has 2 unspecified atom stereocenters. The van der Waals surface area contributed by atoms with Crippen molar-refractivity contribution in [1.29, 1.82) is 0 Å². The number of nitrogens with zero attached hydrogens (tertiary/aromatic N) is 1. The Hall–Kier alpha value is -6.96. The van der Waals surface area contributed by atoms with Crippen molar-refractivity contribution in [1.82, 2.24) is 0 Å². The monoisotopic (exact) mass is 743 g/mol. The van der Waals surface area contributed by atoms with Crippen molar-refractivity contribution in [3.05, 3.63) is 233 Å². The number of fused-ring (bicyclic) bond motifs is 4. The Labute approximate surface area is 341 Å². The van der Waals surface area contributed by atoms with Crippen LogP contribution in [0.15, 0.2) is 200 Å². The standard InChI is InChI=1S/C57H45N/c1-5-13-49-36-44(23-26-45(49)9-1)37-54(53-28-27-46-10-2-6-14-50(46)38-53)35-43-21-19-41(20-22-43)17-18-42-24-31-55(32-25-42)58(56-33-29-47-11-3-7-15-51(47)39-56)57-34-30-48-12-4-8-16-52(48)40-57/h1-27,29-34,36,38-40,53-54H,28,35,37H2. The SMILES string of the molecule is C(=Cc1ccc(N(c2ccc3ccccc3c2)c2ccc3ccccc3c2)cc1)c1ccc(CC(Cc2ccc3ccccc3c2)C2C=c3ccccc3=CC2)cc1. The summed E-state index contributed by atoms with van der Waals surface area (Å²) in [7, 11) is 0. The topological polar surface area (TPSA) is 3.24 Å².